The van der Waals surface area contributed by atoms with Crippen LogP contribution in [0, 0.1) is 29.1 Å². The first-order valence-corrected chi connectivity index (χ1v) is 13.7. The number of aliphatic hydroxyl groups is 1. The number of esters is 1. The van der Waals surface area contributed by atoms with Crippen LogP contribution in [-0.2, 0) is 35.0 Å². The van der Waals surface area contributed by atoms with Gasteiger partial charge in [-0.1, -0.05) is 44.2 Å². The van der Waals surface area contributed by atoms with Gasteiger partial charge in [0.25, 0.3) is 0 Å². The number of ether oxygens (including phenoxy) is 3. The standard InChI is InChI=1S/C30H37NO7/c1-15-13-20-24(37-20)23-26-29(5,38-26)16(2)22-19(14-18-9-7-6-8-10-18)31-27(34)30(22,23)21(36-17(3)32)11-12-28(4,35)25(15)33/h6-12,15-16,19-24,26,35H,13-14H2,1-5H3,(H,31,34)/b12-11+/t15-,16?,19-,20?,21+,22?,23?,24+,26-,28+,29+,30+/m0/s1. The van der Waals surface area contributed by atoms with Gasteiger partial charge in [-0.05, 0) is 50.3 Å². The molecule has 1 aromatic carbocycles. The smallest absolute Gasteiger partial charge is 0.303 e. The zero-order chi connectivity index (χ0) is 27.2. The molecular weight excluding hydrogens is 486 g/mol. The fourth-order valence-electron chi connectivity index (χ4n) is 8.09. The number of rotatable bonds is 3. The number of hydrogen-bond donors (Lipinski definition) is 2. The van der Waals surface area contributed by atoms with Gasteiger partial charge in [-0.3, -0.25) is 14.4 Å². The van der Waals surface area contributed by atoms with Crippen molar-refractivity contribution in [3.05, 3.63) is 48.0 Å². The van der Waals surface area contributed by atoms with Crippen molar-refractivity contribution in [2.75, 3.05) is 0 Å². The van der Waals surface area contributed by atoms with Crippen LogP contribution in [0.3, 0.4) is 0 Å². The lowest BCUT2D eigenvalue weighted by molar-refractivity contribution is -0.166. The van der Waals surface area contributed by atoms with Gasteiger partial charge in [-0.25, -0.2) is 0 Å². The SMILES string of the molecule is CC(=O)O[C@@H]1/C=C/[C@@](C)(O)C(=O)[C@@H](C)CC2O[C@H]2C2[C@@H]3O[C@]3(C)C(C)C3[C@H](Cc4ccccc4)NC(=O)[C@]321. The van der Waals surface area contributed by atoms with Crippen LogP contribution < -0.4 is 5.32 Å². The Morgan fingerprint density at radius 1 is 1.16 bits per heavy atom. The number of epoxide rings is 2. The van der Waals surface area contributed by atoms with E-state index in [2.05, 4.69) is 19.2 Å². The van der Waals surface area contributed by atoms with E-state index in [1.165, 1.54) is 19.9 Å². The van der Waals surface area contributed by atoms with E-state index in [0.29, 0.717) is 12.8 Å². The van der Waals surface area contributed by atoms with E-state index in [0.717, 1.165) is 5.56 Å². The molecule has 3 aliphatic heterocycles. The molecule has 5 aliphatic rings. The first-order chi connectivity index (χ1) is 17.9. The minimum Gasteiger partial charge on any atom is -0.457 e. The van der Waals surface area contributed by atoms with Crippen molar-refractivity contribution in [3.8, 4) is 0 Å². The van der Waals surface area contributed by atoms with Gasteiger partial charge in [0, 0.05) is 30.7 Å². The van der Waals surface area contributed by atoms with Crippen LogP contribution in [0.15, 0.2) is 42.5 Å². The summed E-state index contributed by atoms with van der Waals surface area (Å²) >= 11 is 0. The highest BCUT2D eigenvalue weighted by Gasteiger charge is 2.82. The molecule has 12 atom stereocenters. The van der Waals surface area contributed by atoms with E-state index < -0.39 is 34.6 Å². The maximum absolute atomic E-state index is 14.4. The molecule has 2 N–H and O–H groups in total. The van der Waals surface area contributed by atoms with Gasteiger partial charge in [0.15, 0.2) is 5.78 Å². The zero-order valence-corrected chi connectivity index (χ0v) is 22.5. The van der Waals surface area contributed by atoms with Gasteiger partial charge in [0.05, 0.1) is 23.9 Å². The third-order valence-corrected chi connectivity index (χ3v) is 10.1. The minimum absolute atomic E-state index is 0.0359. The highest BCUT2D eigenvalue weighted by Crippen LogP contribution is 2.69. The van der Waals surface area contributed by atoms with Crippen molar-refractivity contribution < 1.29 is 33.7 Å². The highest BCUT2D eigenvalue weighted by molar-refractivity contribution is 5.91. The van der Waals surface area contributed by atoms with Gasteiger partial charge in [-0.2, -0.15) is 0 Å². The molecule has 38 heavy (non-hydrogen) atoms. The fourth-order valence-corrected chi connectivity index (χ4v) is 8.09. The van der Waals surface area contributed by atoms with E-state index in [4.69, 9.17) is 14.2 Å². The summed E-state index contributed by atoms with van der Waals surface area (Å²) in [5, 5.41) is 14.4. The van der Waals surface area contributed by atoms with E-state index in [1.54, 1.807) is 13.0 Å². The van der Waals surface area contributed by atoms with E-state index in [9.17, 15) is 19.5 Å². The van der Waals surface area contributed by atoms with Crippen molar-refractivity contribution in [1.29, 1.82) is 0 Å². The molecule has 3 saturated heterocycles. The summed E-state index contributed by atoms with van der Waals surface area (Å²) in [5.74, 6) is -2.17. The third-order valence-electron chi connectivity index (χ3n) is 10.1. The number of fused-ring (bicyclic) bond motifs is 4. The number of carbonyl (C=O) groups is 3. The van der Waals surface area contributed by atoms with Crippen LogP contribution in [-0.4, -0.2) is 64.4 Å². The Balaban J connectivity index is 1.53. The largest absolute Gasteiger partial charge is 0.457 e. The van der Waals surface area contributed by atoms with Crippen molar-refractivity contribution in [3.63, 3.8) is 0 Å². The normalized spacial score (nSPS) is 49.8. The van der Waals surface area contributed by atoms with Crippen LogP contribution in [0.25, 0.3) is 0 Å². The molecular formula is C30H37NO7. The molecule has 8 heteroatoms. The molecule has 0 bridgehead atoms. The highest BCUT2D eigenvalue weighted by atomic mass is 16.6. The quantitative estimate of drug-likeness (QED) is 0.355. The molecule has 1 saturated carbocycles. The maximum atomic E-state index is 14.4. The second kappa shape index (κ2) is 8.47. The third kappa shape index (κ3) is 3.63. The van der Waals surface area contributed by atoms with Crippen LogP contribution in [0.4, 0.5) is 0 Å². The zero-order valence-electron chi connectivity index (χ0n) is 22.5. The van der Waals surface area contributed by atoms with E-state index >= 15 is 0 Å². The van der Waals surface area contributed by atoms with Crippen LogP contribution >= 0.6 is 0 Å². The first kappa shape index (κ1) is 25.7. The van der Waals surface area contributed by atoms with E-state index in [1.807, 2.05) is 30.3 Å². The molecule has 1 aromatic rings. The molecule has 1 spiro atoms. The predicted octanol–water partition coefficient (Wildman–Crippen LogP) is 2.37. The average molecular weight is 524 g/mol. The molecule has 3 heterocycles. The fraction of sp³-hybridized carbons (Fsp3) is 0.633. The number of amides is 1. The monoisotopic (exact) mass is 523 g/mol. The Labute approximate surface area is 223 Å². The van der Waals surface area contributed by atoms with Gasteiger partial charge in [0.1, 0.15) is 17.1 Å². The number of benzene rings is 1. The lowest BCUT2D eigenvalue weighted by atomic mass is 9.50. The van der Waals surface area contributed by atoms with E-state index in [-0.39, 0.29) is 53.8 Å². The summed E-state index contributed by atoms with van der Waals surface area (Å²) in [6, 6.07) is 9.80. The van der Waals surface area contributed by atoms with Gasteiger partial charge < -0.3 is 24.6 Å². The van der Waals surface area contributed by atoms with Crippen LogP contribution in [0.2, 0.25) is 0 Å². The Hall–Kier alpha value is -2.55. The van der Waals surface area contributed by atoms with Crippen LogP contribution in [0.5, 0.6) is 0 Å². The summed E-state index contributed by atoms with van der Waals surface area (Å²) in [4.78, 5) is 40.1. The predicted molar refractivity (Wildman–Crippen MR) is 137 cm³/mol. The molecule has 4 fully saturated rings. The molecule has 2 aliphatic carbocycles. The number of hydrogen-bond acceptors (Lipinski definition) is 7. The summed E-state index contributed by atoms with van der Waals surface area (Å²) in [5.41, 5.74) is -2.30. The van der Waals surface area contributed by atoms with Gasteiger partial charge in [-0.15, -0.1) is 0 Å². The van der Waals surface area contributed by atoms with Gasteiger partial charge >= 0.3 is 5.97 Å². The average Bonchev–Trinajstić information content (AvgIpc) is 3.74. The molecule has 204 valence electrons. The Kier molecular flexibility index (Phi) is 5.73. The Morgan fingerprint density at radius 2 is 1.87 bits per heavy atom. The number of nitrogens with one attached hydrogen (secondary N) is 1. The maximum Gasteiger partial charge on any atom is 0.303 e. The van der Waals surface area contributed by atoms with Crippen LogP contribution in [0.1, 0.15) is 46.6 Å². The number of ketones is 1. The van der Waals surface area contributed by atoms with Crippen molar-refractivity contribution in [1.82, 2.24) is 5.32 Å². The number of carbonyl (C=O) groups excluding carboxylic acids is 3. The Bertz CT molecular complexity index is 1200. The number of Topliss-reactive ketones (excluding diaryl/α,β-unsaturated/α-hetero) is 1. The van der Waals surface area contributed by atoms with Crippen molar-refractivity contribution in [2.24, 2.45) is 29.1 Å². The summed E-state index contributed by atoms with van der Waals surface area (Å²) in [7, 11) is 0. The second-order valence-corrected chi connectivity index (χ2v) is 12.4. The van der Waals surface area contributed by atoms with Crippen molar-refractivity contribution in [2.45, 2.75) is 89.1 Å². The second-order valence-electron chi connectivity index (χ2n) is 12.4. The summed E-state index contributed by atoms with van der Waals surface area (Å²) in [6.45, 7) is 8.78. The lowest BCUT2D eigenvalue weighted by Crippen LogP contribution is -2.62. The summed E-state index contributed by atoms with van der Waals surface area (Å²) < 4.78 is 18.6. The molecule has 0 aromatic heterocycles. The topological polar surface area (TPSA) is 118 Å². The molecule has 4 unspecified atom stereocenters. The molecule has 0 radical (unpaired) electrons. The molecule has 8 nitrogen and oxygen atoms in total. The summed E-state index contributed by atoms with van der Waals surface area (Å²) in [6.07, 6.45) is 2.22. The lowest BCUT2D eigenvalue weighted by Gasteiger charge is -2.50. The molecule has 6 rings (SSSR count). The Morgan fingerprint density at radius 3 is 2.55 bits per heavy atom. The molecule has 1 amide bonds. The minimum atomic E-state index is -1.78. The first-order valence-electron chi connectivity index (χ1n) is 13.7. The van der Waals surface area contributed by atoms with Gasteiger partial charge in [0.2, 0.25) is 5.91 Å². The van der Waals surface area contributed by atoms with Crippen molar-refractivity contribution >= 4 is 17.7 Å².